The van der Waals surface area contributed by atoms with Crippen LogP contribution in [0.25, 0.3) is 0 Å². The van der Waals surface area contributed by atoms with Crippen LogP contribution >= 0.6 is 11.6 Å². The van der Waals surface area contributed by atoms with Gasteiger partial charge in [-0.3, -0.25) is 0 Å². The van der Waals surface area contributed by atoms with E-state index >= 15 is 0 Å². The number of carbonyl (C=O) groups excluding carboxylic acids is 1. The quantitative estimate of drug-likeness (QED) is 0.524. The largest absolute Gasteiger partial charge is 0.443 e. The van der Waals surface area contributed by atoms with Crippen LogP contribution in [-0.2, 0) is 4.74 Å². The molecule has 0 unspecified atom stereocenters. The van der Waals surface area contributed by atoms with E-state index in [0.717, 1.165) is 11.1 Å². The van der Waals surface area contributed by atoms with E-state index in [1.54, 1.807) is 20.8 Å². The second-order valence-electron chi connectivity index (χ2n) is 5.18. The van der Waals surface area contributed by atoms with Gasteiger partial charge in [-0.2, -0.15) is 5.10 Å². The highest BCUT2D eigenvalue weighted by molar-refractivity contribution is 6.31. The number of aryl methyl sites for hydroxylation is 1. The Morgan fingerprint density at radius 2 is 2.11 bits per heavy atom. The average Bonchev–Trinajstić information content (AvgIpc) is 2.27. The number of amides is 1. The zero-order chi connectivity index (χ0) is 14.5. The smallest absolute Gasteiger partial charge is 0.428 e. The molecule has 104 valence electrons. The molecule has 19 heavy (non-hydrogen) atoms. The van der Waals surface area contributed by atoms with E-state index in [0.29, 0.717) is 5.71 Å². The molecule has 0 aliphatic carbocycles. The van der Waals surface area contributed by atoms with Crippen LogP contribution in [0, 0.1) is 6.92 Å². The van der Waals surface area contributed by atoms with E-state index in [1.807, 2.05) is 31.2 Å². The fourth-order valence-corrected chi connectivity index (χ4v) is 1.62. The van der Waals surface area contributed by atoms with Crippen molar-refractivity contribution in [1.82, 2.24) is 5.43 Å². The first-order chi connectivity index (χ1) is 8.81. The molecule has 4 nitrogen and oxygen atoms in total. The van der Waals surface area contributed by atoms with Crippen LogP contribution in [0.4, 0.5) is 4.79 Å². The molecule has 0 saturated heterocycles. The Morgan fingerprint density at radius 1 is 1.42 bits per heavy atom. The molecule has 0 heterocycles. The van der Waals surface area contributed by atoms with Gasteiger partial charge in [-0.05, 0) is 33.3 Å². The normalized spacial score (nSPS) is 12.2. The average molecular weight is 283 g/mol. The van der Waals surface area contributed by atoms with Gasteiger partial charge in [0.1, 0.15) is 5.60 Å². The van der Waals surface area contributed by atoms with Crippen LogP contribution in [0.15, 0.2) is 29.4 Å². The molecule has 1 N–H and O–H groups in total. The third-order valence-electron chi connectivity index (χ3n) is 2.16. The summed E-state index contributed by atoms with van der Waals surface area (Å²) in [6.45, 7) is 7.36. The zero-order valence-corrected chi connectivity index (χ0v) is 12.4. The van der Waals surface area contributed by atoms with Crippen LogP contribution in [0.3, 0.4) is 0 Å². The Labute approximate surface area is 118 Å². The number of alkyl halides is 1. The molecule has 0 fully saturated rings. The first kappa shape index (κ1) is 15.5. The maximum absolute atomic E-state index is 11.5. The second kappa shape index (κ2) is 6.57. The summed E-state index contributed by atoms with van der Waals surface area (Å²) in [5.41, 5.74) is 4.38. The Kier molecular flexibility index (Phi) is 5.36. The Hall–Kier alpha value is -1.55. The molecule has 0 aromatic heterocycles. The first-order valence-electron chi connectivity index (χ1n) is 6.00. The van der Waals surface area contributed by atoms with Crippen molar-refractivity contribution < 1.29 is 9.53 Å². The summed E-state index contributed by atoms with van der Waals surface area (Å²) < 4.78 is 5.09. The molecular formula is C14H19ClN2O2. The van der Waals surface area contributed by atoms with Gasteiger partial charge >= 0.3 is 6.09 Å². The molecule has 0 atom stereocenters. The summed E-state index contributed by atoms with van der Waals surface area (Å²) in [5, 5.41) is 4.00. The molecule has 1 aromatic carbocycles. The number of nitrogens with zero attached hydrogens (tertiary/aromatic N) is 1. The molecule has 1 amide bonds. The van der Waals surface area contributed by atoms with E-state index < -0.39 is 11.7 Å². The molecular weight excluding hydrogens is 264 g/mol. The van der Waals surface area contributed by atoms with Gasteiger partial charge in [0.25, 0.3) is 0 Å². The minimum Gasteiger partial charge on any atom is -0.443 e. The standard InChI is InChI=1S/C14H19ClN2O2/c1-10-6-5-7-11(8-10)12(9-15)16-17-13(18)19-14(2,3)4/h5-8H,9H2,1-4H3,(H,17,18)/b16-12+. The highest BCUT2D eigenvalue weighted by atomic mass is 35.5. The van der Waals surface area contributed by atoms with Gasteiger partial charge in [-0.15, -0.1) is 11.6 Å². The molecule has 0 aliphatic rings. The van der Waals surface area contributed by atoms with Gasteiger partial charge in [0.15, 0.2) is 0 Å². The van der Waals surface area contributed by atoms with Gasteiger partial charge in [0.05, 0.1) is 11.6 Å². The first-order valence-corrected chi connectivity index (χ1v) is 6.54. The van der Waals surface area contributed by atoms with Crippen LogP contribution in [-0.4, -0.2) is 23.3 Å². The van der Waals surface area contributed by atoms with Crippen molar-refractivity contribution in [2.75, 3.05) is 5.88 Å². The van der Waals surface area contributed by atoms with Gasteiger partial charge < -0.3 is 4.74 Å². The molecule has 0 aliphatic heterocycles. The van der Waals surface area contributed by atoms with Crippen LogP contribution < -0.4 is 5.43 Å². The fourth-order valence-electron chi connectivity index (χ4n) is 1.41. The third-order valence-corrected chi connectivity index (χ3v) is 2.41. The lowest BCUT2D eigenvalue weighted by atomic mass is 10.1. The van der Waals surface area contributed by atoms with E-state index in [1.165, 1.54) is 0 Å². The van der Waals surface area contributed by atoms with E-state index in [9.17, 15) is 4.79 Å². The second-order valence-corrected chi connectivity index (χ2v) is 5.44. The van der Waals surface area contributed by atoms with E-state index in [2.05, 4.69) is 10.5 Å². The number of rotatable bonds is 3. The zero-order valence-electron chi connectivity index (χ0n) is 11.7. The topological polar surface area (TPSA) is 50.7 Å². The number of hydrogen-bond donors (Lipinski definition) is 1. The highest BCUT2D eigenvalue weighted by Gasteiger charge is 2.15. The summed E-state index contributed by atoms with van der Waals surface area (Å²) in [5.74, 6) is 0.208. The van der Waals surface area contributed by atoms with Crippen molar-refractivity contribution in [3.63, 3.8) is 0 Å². The number of carbonyl (C=O) groups is 1. The Bertz CT molecular complexity index is 479. The predicted molar refractivity (Wildman–Crippen MR) is 77.8 cm³/mol. The predicted octanol–water partition coefficient (Wildman–Crippen LogP) is 3.46. The van der Waals surface area contributed by atoms with E-state index in [-0.39, 0.29) is 5.88 Å². The van der Waals surface area contributed by atoms with Crippen molar-refractivity contribution in [3.05, 3.63) is 35.4 Å². The summed E-state index contributed by atoms with van der Waals surface area (Å²) in [4.78, 5) is 11.5. The van der Waals surface area contributed by atoms with Crippen molar-refractivity contribution in [2.45, 2.75) is 33.3 Å². The Balaban J connectivity index is 2.75. The fraction of sp³-hybridized carbons (Fsp3) is 0.429. The lowest BCUT2D eigenvalue weighted by Crippen LogP contribution is -2.30. The summed E-state index contributed by atoms with van der Waals surface area (Å²) in [6.07, 6.45) is -0.595. The van der Waals surface area contributed by atoms with Crippen molar-refractivity contribution in [3.8, 4) is 0 Å². The SMILES string of the molecule is Cc1cccc(/C(CCl)=N/NC(=O)OC(C)(C)C)c1. The van der Waals surface area contributed by atoms with Gasteiger partial charge in [0.2, 0.25) is 0 Å². The molecule has 1 rings (SSSR count). The minimum absolute atomic E-state index is 0.208. The lowest BCUT2D eigenvalue weighted by Gasteiger charge is -2.18. The highest BCUT2D eigenvalue weighted by Crippen LogP contribution is 2.08. The molecule has 0 bridgehead atoms. The van der Waals surface area contributed by atoms with Crippen LogP contribution in [0.2, 0.25) is 0 Å². The minimum atomic E-state index is -0.595. The van der Waals surface area contributed by atoms with Crippen molar-refractivity contribution in [2.24, 2.45) is 5.10 Å². The molecule has 1 aromatic rings. The molecule has 5 heteroatoms. The lowest BCUT2D eigenvalue weighted by molar-refractivity contribution is 0.0529. The number of hydrazone groups is 1. The summed E-state index contributed by atoms with van der Waals surface area (Å²) in [6, 6.07) is 7.75. The maximum Gasteiger partial charge on any atom is 0.428 e. The number of benzene rings is 1. The third kappa shape index (κ3) is 5.75. The number of ether oxygens (including phenoxy) is 1. The summed E-state index contributed by atoms with van der Waals surface area (Å²) >= 11 is 5.85. The van der Waals surface area contributed by atoms with Crippen LogP contribution in [0.1, 0.15) is 31.9 Å². The van der Waals surface area contributed by atoms with E-state index in [4.69, 9.17) is 16.3 Å². The number of halogens is 1. The van der Waals surface area contributed by atoms with Crippen molar-refractivity contribution in [1.29, 1.82) is 0 Å². The number of hydrogen-bond acceptors (Lipinski definition) is 3. The van der Waals surface area contributed by atoms with Gasteiger partial charge in [0, 0.05) is 0 Å². The van der Waals surface area contributed by atoms with Gasteiger partial charge in [-0.25, -0.2) is 10.2 Å². The summed E-state index contributed by atoms with van der Waals surface area (Å²) in [7, 11) is 0. The van der Waals surface area contributed by atoms with Gasteiger partial charge in [-0.1, -0.05) is 29.8 Å². The molecule has 0 spiro atoms. The monoisotopic (exact) mass is 282 g/mol. The molecule has 0 saturated carbocycles. The maximum atomic E-state index is 11.5. The Morgan fingerprint density at radius 3 is 2.63 bits per heavy atom. The van der Waals surface area contributed by atoms with Crippen LogP contribution in [0.5, 0.6) is 0 Å². The van der Waals surface area contributed by atoms with Crippen molar-refractivity contribution >= 4 is 23.4 Å². The number of nitrogens with one attached hydrogen (secondary N) is 1. The molecule has 0 radical (unpaired) electrons.